The van der Waals surface area contributed by atoms with Crippen molar-refractivity contribution in [2.75, 3.05) is 11.9 Å². The number of hydrogen-bond donors (Lipinski definition) is 2. The van der Waals surface area contributed by atoms with E-state index >= 15 is 0 Å². The lowest BCUT2D eigenvalue weighted by atomic mass is 9.90. The molecule has 1 aromatic heterocycles. The number of fused-ring (bicyclic) bond motifs is 2. The zero-order chi connectivity index (χ0) is 17.2. The van der Waals surface area contributed by atoms with Crippen molar-refractivity contribution in [2.45, 2.75) is 31.8 Å². The number of aliphatic hydroxyl groups is 1. The molecule has 25 heavy (non-hydrogen) atoms. The number of aromatic nitrogens is 1. The molecule has 3 aromatic rings. The summed E-state index contributed by atoms with van der Waals surface area (Å²) in [4.78, 5) is 4.77. The Morgan fingerprint density at radius 2 is 2.00 bits per heavy atom. The standard InChI is InChI=1S/C21H21ClN2O/c22-15-9-10-16-18(13-15)24-17-7-4-8-19(25)20(17)21(16)23-12-11-14-5-2-1-3-6-14/h1-3,5-6,9-10,13,19,25H,4,7-8,11-12H2,(H,23,24). The van der Waals surface area contributed by atoms with Gasteiger partial charge in [0.25, 0.3) is 0 Å². The van der Waals surface area contributed by atoms with Crippen molar-refractivity contribution >= 4 is 28.2 Å². The summed E-state index contributed by atoms with van der Waals surface area (Å²) in [6, 6.07) is 16.2. The van der Waals surface area contributed by atoms with Crippen molar-refractivity contribution in [3.63, 3.8) is 0 Å². The molecule has 2 N–H and O–H groups in total. The highest BCUT2D eigenvalue weighted by molar-refractivity contribution is 6.31. The highest BCUT2D eigenvalue weighted by Crippen LogP contribution is 2.39. The number of benzene rings is 2. The molecule has 1 aliphatic carbocycles. The van der Waals surface area contributed by atoms with Crippen LogP contribution in [0.5, 0.6) is 0 Å². The molecule has 0 amide bonds. The third-order valence-corrected chi connectivity index (χ3v) is 5.08. The number of halogens is 1. The van der Waals surface area contributed by atoms with Gasteiger partial charge in [-0.1, -0.05) is 41.9 Å². The molecule has 1 heterocycles. The van der Waals surface area contributed by atoms with Gasteiger partial charge in [-0.2, -0.15) is 0 Å². The van der Waals surface area contributed by atoms with E-state index < -0.39 is 6.10 Å². The molecule has 3 nitrogen and oxygen atoms in total. The number of aryl methyl sites for hydroxylation is 1. The quantitative estimate of drug-likeness (QED) is 0.701. The number of rotatable bonds is 4. The van der Waals surface area contributed by atoms with Gasteiger partial charge in [0.2, 0.25) is 0 Å². The molecule has 2 aromatic carbocycles. The number of hydrogen-bond acceptors (Lipinski definition) is 3. The van der Waals surface area contributed by atoms with Gasteiger partial charge in [0, 0.05) is 28.2 Å². The first-order valence-electron chi connectivity index (χ1n) is 8.80. The van der Waals surface area contributed by atoms with Gasteiger partial charge in [-0.05, 0) is 49.4 Å². The third-order valence-electron chi connectivity index (χ3n) is 4.85. The number of pyridine rings is 1. The fourth-order valence-electron chi connectivity index (χ4n) is 3.63. The number of nitrogens with one attached hydrogen (secondary N) is 1. The van der Waals surface area contributed by atoms with Crippen LogP contribution < -0.4 is 5.32 Å². The highest BCUT2D eigenvalue weighted by atomic mass is 35.5. The molecule has 4 rings (SSSR count). The van der Waals surface area contributed by atoms with Crippen molar-refractivity contribution in [1.82, 2.24) is 4.98 Å². The van der Waals surface area contributed by atoms with E-state index in [9.17, 15) is 5.11 Å². The van der Waals surface area contributed by atoms with Gasteiger partial charge in [0.05, 0.1) is 17.3 Å². The SMILES string of the molecule is OC1CCCc2nc3cc(Cl)ccc3c(NCCc3ccccc3)c21. The van der Waals surface area contributed by atoms with Crippen molar-refractivity contribution in [2.24, 2.45) is 0 Å². The van der Waals surface area contributed by atoms with Crippen molar-refractivity contribution in [1.29, 1.82) is 0 Å². The molecule has 4 heteroatoms. The summed E-state index contributed by atoms with van der Waals surface area (Å²) in [5.74, 6) is 0. The summed E-state index contributed by atoms with van der Waals surface area (Å²) >= 11 is 6.16. The summed E-state index contributed by atoms with van der Waals surface area (Å²) in [5.41, 5.74) is 5.16. The minimum atomic E-state index is -0.449. The third kappa shape index (κ3) is 3.35. The van der Waals surface area contributed by atoms with E-state index in [1.165, 1.54) is 5.56 Å². The predicted octanol–water partition coefficient (Wildman–Crippen LogP) is 4.91. The first kappa shape index (κ1) is 16.4. The molecule has 0 radical (unpaired) electrons. The van der Waals surface area contributed by atoms with E-state index in [0.29, 0.717) is 5.02 Å². The minimum absolute atomic E-state index is 0.449. The van der Waals surface area contributed by atoms with Crippen LogP contribution in [0.15, 0.2) is 48.5 Å². The molecule has 1 unspecified atom stereocenters. The molecule has 0 spiro atoms. The van der Waals surface area contributed by atoms with Crippen LogP contribution in [0.4, 0.5) is 5.69 Å². The zero-order valence-corrected chi connectivity index (χ0v) is 14.8. The lowest BCUT2D eigenvalue weighted by Gasteiger charge is -2.25. The van der Waals surface area contributed by atoms with Crippen molar-refractivity contribution < 1.29 is 5.11 Å². The molecule has 0 aliphatic heterocycles. The summed E-state index contributed by atoms with van der Waals surface area (Å²) in [6.07, 6.45) is 3.15. The molecule has 0 bridgehead atoms. The van der Waals surface area contributed by atoms with Crippen molar-refractivity contribution in [3.8, 4) is 0 Å². The minimum Gasteiger partial charge on any atom is -0.388 e. The number of nitrogens with zero attached hydrogens (tertiary/aromatic N) is 1. The van der Waals surface area contributed by atoms with Crippen LogP contribution in [-0.4, -0.2) is 16.6 Å². The molecule has 1 atom stereocenters. The van der Waals surface area contributed by atoms with E-state index in [2.05, 4.69) is 29.6 Å². The Hall–Kier alpha value is -2.10. The van der Waals surface area contributed by atoms with E-state index in [1.54, 1.807) is 0 Å². The Morgan fingerprint density at radius 1 is 1.16 bits per heavy atom. The predicted molar refractivity (Wildman–Crippen MR) is 103 cm³/mol. The average Bonchev–Trinajstić information content (AvgIpc) is 2.62. The lowest BCUT2D eigenvalue weighted by Crippen LogP contribution is -2.16. The molecule has 1 aliphatic rings. The highest BCUT2D eigenvalue weighted by Gasteiger charge is 2.24. The van der Waals surface area contributed by atoms with E-state index in [1.807, 2.05) is 24.3 Å². The Balaban J connectivity index is 1.71. The monoisotopic (exact) mass is 352 g/mol. The van der Waals surface area contributed by atoms with E-state index in [0.717, 1.165) is 60.1 Å². The Bertz CT molecular complexity index is 895. The van der Waals surface area contributed by atoms with Gasteiger partial charge in [-0.15, -0.1) is 0 Å². The van der Waals surface area contributed by atoms with Crippen LogP contribution in [0.2, 0.25) is 5.02 Å². The van der Waals surface area contributed by atoms with Gasteiger partial charge < -0.3 is 10.4 Å². The number of anilines is 1. The summed E-state index contributed by atoms with van der Waals surface area (Å²) in [6.45, 7) is 0.810. The van der Waals surface area contributed by atoms with Crippen molar-refractivity contribution in [3.05, 3.63) is 70.4 Å². The van der Waals surface area contributed by atoms with Crippen LogP contribution in [0.25, 0.3) is 10.9 Å². The smallest absolute Gasteiger partial charge is 0.0828 e. The zero-order valence-electron chi connectivity index (χ0n) is 14.0. The molecule has 0 fully saturated rings. The first-order valence-corrected chi connectivity index (χ1v) is 9.18. The van der Waals surface area contributed by atoms with E-state index in [-0.39, 0.29) is 0 Å². The Morgan fingerprint density at radius 3 is 2.84 bits per heavy atom. The largest absolute Gasteiger partial charge is 0.388 e. The van der Waals surface area contributed by atoms with Crippen LogP contribution in [0.1, 0.15) is 35.8 Å². The maximum absolute atomic E-state index is 10.6. The Labute approximate surface area is 152 Å². The first-order chi connectivity index (χ1) is 12.2. The molecular weight excluding hydrogens is 332 g/mol. The van der Waals surface area contributed by atoms with Crippen LogP contribution in [0, 0.1) is 0 Å². The summed E-state index contributed by atoms with van der Waals surface area (Å²) < 4.78 is 0. The van der Waals surface area contributed by atoms with Crippen LogP contribution >= 0.6 is 11.6 Å². The van der Waals surface area contributed by atoms with Gasteiger partial charge in [-0.25, -0.2) is 0 Å². The molecule has 0 saturated heterocycles. The normalized spacial score (nSPS) is 16.6. The van der Waals surface area contributed by atoms with Gasteiger partial charge in [0.15, 0.2) is 0 Å². The second kappa shape index (κ2) is 7.03. The molecule has 0 saturated carbocycles. The topological polar surface area (TPSA) is 45.2 Å². The van der Waals surface area contributed by atoms with E-state index in [4.69, 9.17) is 16.6 Å². The van der Waals surface area contributed by atoms with Gasteiger partial charge in [-0.3, -0.25) is 4.98 Å². The van der Waals surface area contributed by atoms with Crippen LogP contribution in [0.3, 0.4) is 0 Å². The fourth-order valence-corrected chi connectivity index (χ4v) is 3.79. The maximum Gasteiger partial charge on any atom is 0.0828 e. The van der Waals surface area contributed by atoms with Crippen LogP contribution in [-0.2, 0) is 12.8 Å². The summed E-state index contributed by atoms with van der Waals surface area (Å²) in [5, 5.41) is 15.8. The maximum atomic E-state index is 10.6. The van der Waals surface area contributed by atoms with Gasteiger partial charge in [0.1, 0.15) is 0 Å². The Kier molecular flexibility index (Phi) is 4.60. The molecular formula is C21H21ClN2O. The fraction of sp³-hybridized carbons (Fsp3) is 0.286. The summed E-state index contributed by atoms with van der Waals surface area (Å²) in [7, 11) is 0. The second-order valence-electron chi connectivity index (χ2n) is 6.58. The van der Waals surface area contributed by atoms with Gasteiger partial charge >= 0.3 is 0 Å². The average molecular weight is 353 g/mol. The number of aliphatic hydroxyl groups excluding tert-OH is 1. The second-order valence-corrected chi connectivity index (χ2v) is 7.02. The molecule has 128 valence electrons. The lowest BCUT2D eigenvalue weighted by molar-refractivity contribution is 0.156.